The molecule has 3 fully saturated rings. The summed E-state index contributed by atoms with van der Waals surface area (Å²) in [6.45, 7) is 6.95. The first kappa shape index (κ1) is 20.2. The van der Waals surface area contributed by atoms with Gasteiger partial charge in [0.15, 0.2) is 0 Å². The van der Waals surface area contributed by atoms with Crippen molar-refractivity contribution >= 4 is 17.6 Å². The van der Waals surface area contributed by atoms with E-state index in [0.717, 1.165) is 68.6 Å². The Bertz CT molecular complexity index is 727. The van der Waals surface area contributed by atoms with Crippen LogP contribution in [0.3, 0.4) is 0 Å². The number of nitrogens with one attached hydrogen (secondary N) is 1. The van der Waals surface area contributed by atoms with Crippen molar-refractivity contribution in [3.05, 3.63) is 29.3 Å². The smallest absolute Gasteiger partial charge is 0.321 e. The number of rotatable bonds is 4. The van der Waals surface area contributed by atoms with Gasteiger partial charge in [-0.3, -0.25) is 4.79 Å². The Hall–Kier alpha value is -2.08. The molecule has 2 heterocycles. The molecule has 2 aliphatic heterocycles. The highest BCUT2D eigenvalue weighted by Crippen LogP contribution is 2.35. The Kier molecular flexibility index (Phi) is 6.09. The average Bonchev–Trinajstić information content (AvgIpc) is 3.54. The van der Waals surface area contributed by atoms with E-state index >= 15 is 0 Å². The first-order valence-electron chi connectivity index (χ1n) is 11.1. The third kappa shape index (κ3) is 4.92. The van der Waals surface area contributed by atoms with E-state index < -0.39 is 0 Å². The van der Waals surface area contributed by atoms with Crippen LogP contribution < -0.4 is 5.32 Å². The summed E-state index contributed by atoms with van der Waals surface area (Å²) in [6, 6.07) is 6.61. The van der Waals surface area contributed by atoms with Crippen molar-refractivity contribution in [2.24, 2.45) is 5.92 Å². The highest BCUT2D eigenvalue weighted by Gasteiger charge is 2.41. The predicted octanol–water partition coefficient (Wildman–Crippen LogP) is 3.72. The number of hydrogen-bond donors (Lipinski definition) is 1. The molecule has 6 nitrogen and oxygen atoms in total. The van der Waals surface area contributed by atoms with Crippen molar-refractivity contribution in [1.82, 2.24) is 9.80 Å². The number of nitrogens with zero attached hydrogens (tertiary/aromatic N) is 2. The second-order valence-electron chi connectivity index (χ2n) is 8.89. The molecule has 4 rings (SSSR count). The number of benzene rings is 1. The number of carbonyl (C=O) groups is 2. The molecule has 1 N–H and O–H groups in total. The Morgan fingerprint density at radius 1 is 0.931 bits per heavy atom. The fourth-order valence-corrected chi connectivity index (χ4v) is 4.76. The monoisotopic (exact) mass is 399 g/mol. The van der Waals surface area contributed by atoms with Gasteiger partial charge in [0.05, 0.1) is 0 Å². The van der Waals surface area contributed by atoms with Crippen LogP contribution in [0.2, 0.25) is 0 Å². The minimum absolute atomic E-state index is 0.0421. The van der Waals surface area contributed by atoms with Crippen LogP contribution in [-0.4, -0.2) is 60.1 Å². The summed E-state index contributed by atoms with van der Waals surface area (Å²) >= 11 is 0. The summed E-state index contributed by atoms with van der Waals surface area (Å²) in [7, 11) is 0. The molecule has 0 radical (unpaired) electrons. The molecular weight excluding hydrogens is 366 g/mol. The summed E-state index contributed by atoms with van der Waals surface area (Å²) < 4.78 is 5.52. The second kappa shape index (κ2) is 8.74. The van der Waals surface area contributed by atoms with Gasteiger partial charge >= 0.3 is 6.03 Å². The first-order chi connectivity index (χ1) is 14.0. The molecule has 2 saturated heterocycles. The molecular formula is C23H33N3O3. The summed E-state index contributed by atoms with van der Waals surface area (Å²) in [6.07, 6.45) is 5.66. The standard InChI is InChI=1S/C23H33N3O3/c1-16-13-17(2)15-19(14-16)24-23(28)25-9-5-20(6-10-25)26(22(27)18-3-4-18)21-7-11-29-12-8-21/h13-15,18,20-21H,3-12H2,1-2H3,(H,24,28). The van der Waals surface area contributed by atoms with Crippen molar-refractivity contribution in [2.75, 3.05) is 31.6 Å². The van der Waals surface area contributed by atoms with Crippen molar-refractivity contribution in [2.45, 2.75) is 64.5 Å². The van der Waals surface area contributed by atoms with Crippen LogP contribution >= 0.6 is 0 Å². The summed E-state index contributed by atoms with van der Waals surface area (Å²) in [5, 5.41) is 3.04. The minimum atomic E-state index is -0.0421. The van der Waals surface area contributed by atoms with Crippen LogP contribution in [0.5, 0.6) is 0 Å². The Morgan fingerprint density at radius 3 is 2.10 bits per heavy atom. The molecule has 29 heavy (non-hydrogen) atoms. The maximum atomic E-state index is 13.0. The van der Waals surface area contributed by atoms with Gasteiger partial charge in [0, 0.05) is 50.0 Å². The zero-order valence-electron chi connectivity index (χ0n) is 17.7. The van der Waals surface area contributed by atoms with Crippen molar-refractivity contribution in [1.29, 1.82) is 0 Å². The van der Waals surface area contributed by atoms with Crippen molar-refractivity contribution < 1.29 is 14.3 Å². The molecule has 1 aromatic rings. The molecule has 6 heteroatoms. The van der Waals surface area contributed by atoms with Crippen LogP contribution in [-0.2, 0) is 9.53 Å². The van der Waals surface area contributed by atoms with Gasteiger partial charge in [0.1, 0.15) is 0 Å². The van der Waals surface area contributed by atoms with E-state index in [1.165, 1.54) is 0 Å². The number of ether oxygens (including phenoxy) is 1. The van der Waals surface area contributed by atoms with Gasteiger partial charge in [0.25, 0.3) is 0 Å². The molecule has 1 aromatic carbocycles. The number of hydrogen-bond acceptors (Lipinski definition) is 3. The second-order valence-corrected chi connectivity index (χ2v) is 8.89. The maximum Gasteiger partial charge on any atom is 0.321 e. The number of carbonyl (C=O) groups excluding carboxylic acids is 2. The van der Waals surface area contributed by atoms with Crippen molar-refractivity contribution in [3.63, 3.8) is 0 Å². The Labute approximate surface area is 173 Å². The number of anilines is 1. The third-order valence-electron chi connectivity index (χ3n) is 6.38. The molecule has 3 aliphatic rings. The number of aryl methyl sites for hydroxylation is 2. The lowest BCUT2D eigenvalue weighted by Crippen LogP contribution is -2.54. The van der Waals surface area contributed by atoms with Gasteiger partial charge in [-0.2, -0.15) is 0 Å². The fraction of sp³-hybridized carbons (Fsp3) is 0.652. The van der Waals surface area contributed by atoms with E-state index in [4.69, 9.17) is 4.74 Å². The highest BCUT2D eigenvalue weighted by molar-refractivity contribution is 5.89. The van der Waals surface area contributed by atoms with Crippen LogP contribution in [0.1, 0.15) is 49.7 Å². The van der Waals surface area contributed by atoms with Gasteiger partial charge in [-0.15, -0.1) is 0 Å². The summed E-state index contributed by atoms with van der Waals surface area (Å²) in [4.78, 5) is 29.8. The summed E-state index contributed by atoms with van der Waals surface area (Å²) in [5.41, 5.74) is 3.14. The largest absolute Gasteiger partial charge is 0.381 e. The van der Waals surface area contributed by atoms with Crippen molar-refractivity contribution in [3.8, 4) is 0 Å². The lowest BCUT2D eigenvalue weighted by molar-refractivity contribution is -0.141. The zero-order valence-corrected chi connectivity index (χ0v) is 17.7. The van der Waals surface area contributed by atoms with E-state index in [0.29, 0.717) is 25.0 Å². The highest BCUT2D eigenvalue weighted by atomic mass is 16.5. The van der Waals surface area contributed by atoms with Crippen LogP contribution in [0.15, 0.2) is 18.2 Å². The van der Waals surface area contributed by atoms with Gasteiger partial charge < -0.3 is 19.9 Å². The molecule has 0 unspecified atom stereocenters. The minimum Gasteiger partial charge on any atom is -0.381 e. The van der Waals surface area contributed by atoms with Gasteiger partial charge in [-0.05, 0) is 75.6 Å². The fourth-order valence-electron chi connectivity index (χ4n) is 4.76. The molecule has 0 spiro atoms. The molecule has 158 valence electrons. The lowest BCUT2D eigenvalue weighted by Gasteiger charge is -2.43. The van der Waals surface area contributed by atoms with E-state index in [9.17, 15) is 9.59 Å². The van der Waals surface area contributed by atoms with Crippen LogP contribution in [0.25, 0.3) is 0 Å². The topological polar surface area (TPSA) is 61.9 Å². The zero-order chi connectivity index (χ0) is 20.4. The number of likely N-dealkylation sites (tertiary alicyclic amines) is 1. The lowest BCUT2D eigenvalue weighted by atomic mass is 9.97. The van der Waals surface area contributed by atoms with Gasteiger partial charge in [-0.25, -0.2) is 4.79 Å². The molecule has 0 aromatic heterocycles. The van der Waals surface area contributed by atoms with Gasteiger partial charge in [0.2, 0.25) is 5.91 Å². The quantitative estimate of drug-likeness (QED) is 0.839. The molecule has 3 amide bonds. The molecule has 0 atom stereocenters. The normalized spacial score (nSPS) is 21.1. The SMILES string of the molecule is Cc1cc(C)cc(NC(=O)N2CCC(N(C(=O)C3CC3)C3CCOCC3)CC2)c1. The number of amides is 3. The predicted molar refractivity (Wildman–Crippen MR) is 113 cm³/mol. The van der Waals surface area contributed by atoms with E-state index in [1.54, 1.807) is 0 Å². The van der Waals surface area contributed by atoms with Crippen LogP contribution in [0.4, 0.5) is 10.5 Å². The third-order valence-corrected chi connectivity index (χ3v) is 6.38. The Balaban J connectivity index is 1.36. The summed E-state index contributed by atoms with van der Waals surface area (Å²) in [5.74, 6) is 0.582. The molecule has 1 saturated carbocycles. The molecule has 0 bridgehead atoms. The first-order valence-corrected chi connectivity index (χ1v) is 11.1. The molecule has 1 aliphatic carbocycles. The van der Waals surface area contributed by atoms with E-state index in [1.807, 2.05) is 30.9 Å². The number of urea groups is 1. The maximum absolute atomic E-state index is 13.0. The van der Waals surface area contributed by atoms with Gasteiger partial charge in [-0.1, -0.05) is 6.07 Å². The van der Waals surface area contributed by atoms with Crippen LogP contribution in [0, 0.1) is 19.8 Å². The number of piperidine rings is 1. The Morgan fingerprint density at radius 2 is 1.52 bits per heavy atom. The average molecular weight is 400 g/mol. The van der Waals surface area contributed by atoms with E-state index in [2.05, 4.69) is 16.3 Å². The van der Waals surface area contributed by atoms with E-state index in [-0.39, 0.29) is 18.0 Å².